The van der Waals surface area contributed by atoms with Crippen LogP contribution in [0.3, 0.4) is 0 Å². The number of hydrogen-bond donors (Lipinski definition) is 1. The highest BCUT2D eigenvalue weighted by Gasteiger charge is 2.66. The highest BCUT2D eigenvalue weighted by Crippen LogP contribution is 2.70. The highest BCUT2D eigenvalue weighted by molar-refractivity contribution is 5.25. The van der Waals surface area contributed by atoms with Crippen LogP contribution in [0.5, 0.6) is 0 Å². The summed E-state index contributed by atoms with van der Waals surface area (Å²) >= 11 is 0. The van der Waals surface area contributed by atoms with Gasteiger partial charge in [0, 0.05) is 5.41 Å². The quantitative estimate of drug-likeness (QED) is 0.652. The minimum absolute atomic E-state index is 0.399. The Morgan fingerprint density at radius 1 is 1.08 bits per heavy atom. The van der Waals surface area contributed by atoms with Gasteiger partial charge in [-0.3, -0.25) is 0 Å². The van der Waals surface area contributed by atoms with Crippen molar-refractivity contribution in [2.45, 2.75) is 83.8 Å². The van der Waals surface area contributed by atoms with Crippen LogP contribution in [-0.4, -0.2) is 23.4 Å². The fourth-order valence-corrected chi connectivity index (χ4v) is 8.25. The van der Waals surface area contributed by atoms with Crippen LogP contribution in [0.1, 0.15) is 72.1 Å². The van der Waals surface area contributed by atoms with E-state index in [4.69, 9.17) is 4.74 Å². The molecule has 4 saturated carbocycles. The number of aliphatic hydroxyl groups is 1. The summed E-state index contributed by atoms with van der Waals surface area (Å²) in [6, 6.07) is 0. The van der Waals surface area contributed by atoms with Gasteiger partial charge in [0.15, 0.2) is 0 Å². The fraction of sp³-hybridized carbons (Fsp3) is 0.909. The smallest absolute Gasteiger partial charge is 0.0623 e. The average molecular weight is 331 g/mol. The predicted octanol–water partition coefficient (Wildman–Crippen LogP) is 4.72. The summed E-state index contributed by atoms with van der Waals surface area (Å²) in [6.07, 6.45) is 12.8. The summed E-state index contributed by atoms with van der Waals surface area (Å²) in [5.41, 5.74) is 2.15. The van der Waals surface area contributed by atoms with Crippen LogP contribution < -0.4 is 0 Å². The van der Waals surface area contributed by atoms with Gasteiger partial charge in [-0.2, -0.15) is 0 Å². The van der Waals surface area contributed by atoms with E-state index in [1.807, 2.05) is 0 Å². The largest absolute Gasteiger partial charge is 0.390 e. The number of rotatable bonds is 0. The molecule has 24 heavy (non-hydrogen) atoms. The summed E-state index contributed by atoms with van der Waals surface area (Å²) in [5, 5.41) is 10.7. The molecule has 4 aliphatic carbocycles. The molecule has 1 heterocycles. The summed E-state index contributed by atoms with van der Waals surface area (Å²) in [7, 11) is 0. The van der Waals surface area contributed by atoms with Crippen molar-refractivity contribution in [3.63, 3.8) is 0 Å². The molecule has 134 valence electrons. The van der Waals surface area contributed by atoms with E-state index in [0.717, 1.165) is 37.2 Å². The van der Waals surface area contributed by atoms with Crippen molar-refractivity contribution in [1.82, 2.24) is 0 Å². The van der Waals surface area contributed by atoms with E-state index in [9.17, 15) is 5.11 Å². The Labute approximate surface area is 147 Å². The first-order valence-corrected chi connectivity index (χ1v) is 10.4. The Morgan fingerprint density at radius 2 is 1.92 bits per heavy atom. The van der Waals surface area contributed by atoms with Gasteiger partial charge >= 0.3 is 0 Å². The first-order chi connectivity index (χ1) is 11.4. The van der Waals surface area contributed by atoms with Crippen LogP contribution in [0.25, 0.3) is 0 Å². The van der Waals surface area contributed by atoms with Crippen LogP contribution in [0, 0.1) is 34.5 Å². The lowest BCUT2D eigenvalue weighted by Gasteiger charge is -2.60. The lowest BCUT2D eigenvalue weighted by molar-refractivity contribution is -0.130. The van der Waals surface area contributed by atoms with Gasteiger partial charge in [0.1, 0.15) is 0 Å². The fourth-order valence-electron chi connectivity index (χ4n) is 8.25. The Balaban J connectivity index is 1.51. The Bertz CT molecular complexity index is 579. The molecular weight excluding hydrogens is 296 g/mol. The maximum absolute atomic E-state index is 10.7. The van der Waals surface area contributed by atoms with E-state index in [2.05, 4.69) is 26.8 Å². The minimum Gasteiger partial charge on any atom is -0.390 e. The molecule has 1 saturated heterocycles. The second-order valence-electron chi connectivity index (χ2n) is 10.3. The highest BCUT2D eigenvalue weighted by atomic mass is 16.5. The van der Waals surface area contributed by atoms with Gasteiger partial charge < -0.3 is 9.84 Å². The molecule has 5 fully saturated rings. The van der Waals surface area contributed by atoms with E-state index in [1.165, 1.54) is 38.5 Å². The molecule has 0 amide bonds. The maximum Gasteiger partial charge on any atom is 0.0623 e. The SMILES string of the molecule is C/C=C1\CC[C@H]2[C@@H]3C[C@H]4OC[C@@]5(CC[C@@](C)(O)CC45)C3CC[C@]12C. The molecule has 2 nitrogen and oxygen atoms in total. The van der Waals surface area contributed by atoms with Crippen molar-refractivity contribution >= 4 is 0 Å². The van der Waals surface area contributed by atoms with Crippen molar-refractivity contribution in [1.29, 1.82) is 0 Å². The lowest BCUT2D eigenvalue weighted by atomic mass is 9.44. The molecule has 5 rings (SSSR count). The van der Waals surface area contributed by atoms with E-state index in [1.54, 1.807) is 5.57 Å². The molecule has 0 aromatic carbocycles. The third-order valence-corrected chi connectivity index (χ3v) is 9.42. The van der Waals surface area contributed by atoms with Gasteiger partial charge in [-0.25, -0.2) is 0 Å². The first kappa shape index (κ1) is 15.9. The number of hydrogen-bond acceptors (Lipinski definition) is 2. The van der Waals surface area contributed by atoms with Crippen molar-refractivity contribution in [3.05, 3.63) is 11.6 Å². The molecule has 0 aromatic heterocycles. The second kappa shape index (κ2) is 4.88. The summed E-state index contributed by atoms with van der Waals surface area (Å²) in [4.78, 5) is 0. The van der Waals surface area contributed by atoms with Gasteiger partial charge in [0.2, 0.25) is 0 Å². The normalized spacial score (nSPS) is 60.7. The van der Waals surface area contributed by atoms with Gasteiger partial charge in [-0.05, 0) is 94.3 Å². The Morgan fingerprint density at radius 3 is 2.71 bits per heavy atom. The van der Waals surface area contributed by atoms with Gasteiger partial charge in [-0.1, -0.05) is 18.6 Å². The molecular formula is C22H34O2. The Hall–Kier alpha value is -0.340. The van der Waals surface area contributed by atoms with Crippen molar-refractivity contribution in [3.8, 4) is 0 Å². The van der Waals surface area contributed by atoms with Crippen molar-refractivity contribution in [2.75, 3.05) is 6.61 Å². The molecule has 2 bridgehead atoms. The number of allylic oxidation sites excluding steroid dienone is 2. The lowest BCUT2D eigenvalue weighted by Crippen LogP contribution is -2.57. The third-order valence-electron chi connectivity index (χ3n) is 9.42. The summed E-state index contributed by atoms with van der Waals surface area (Å²) in [5.74, 6) is 3.22. The number of fused-ring (bicyclic) bond motifs is 3. The van der Waals surface area contributed by atoms with Gasteiger partial charge in [0.05, 0.1) is 18.3 Å². The molecule has 2 unspecified atom stereocenters. The zero-order valence-electron chi connectivity index (χ0n) is 15.7. The predicted molar refractivity (Wildman–Crippen MR) is 95.6 cm³/mol. The first-order valence-electron chi connectivity index (χ1n) is 10.4. The van der Waals surface area contributed by atoms with Crippen LogP contribution >= 0.6 is 0 Å². The topological polar surface area (TPSA) is 29.5 Å². The van der Waals surface area contributed by atoms with E-state index < -0.39 is 5.60 Å². The van der Waals surface area contributed by atoms with Crippen LogP contribution in [0.2, 0.25) is 0 Å². The van der Waals surface area contributed by atoms with E-state index in [0.29, 0.717) is 22.9 Å². The average Bonchev–Trinajstić information content (AvgIpc) is 3.00. The number of ether oxygens (including phenoxy) is 1. The minimum atomic E-state index is -0.457. The van der Waals surface area contributed by atoms with E-state index in [-0.39, 0.29) is 0 Å². The zero-order chi connectivity index (χ0) is 16.7. The zero-order valence-corrected chi connectivity index (χ0v) is 15.7. The molecule has 5 aliphatic rings. The van der Waals surface area contributed by atoms with Gasteiger partial charge in [0.25, 0.3) is 0 Å². The Kier molecular flexibility index (Phi) is 3.23. The summed E-state index contributed by atoms with van der Waals surface area (Å²) < 4.78 is 6.41. The molecule has 0 radical (unpaired) electrons. The van der Waals surface area contributed by atoms with E-state index >= 15 is 0 Å². The van der Waals surface area contributed by atoms with Crippen molar-refractivity contribution < 1.29 is 9.84 Å². The molecule has 0 aromatic rings. The molecule has 1 aliphatic heterocycles. The van der Waals surface area contributed by atoms with Crippen LogP contribution in [0.15, 0.2) is 11.6 Å². The molecule has 2 heteroatoms. The molecule has 0 spiro atoms. The molecule has 8 atom stereocenters. The van der Waals surface area contributed by atoms with Gasteiger partial charge in [-0.15, -0.1) is 0 Å². The monoisotopic (exact) mass is 330 g/mol. The second-order valence-corrected chi connectivity index (χ2v) is 10.3. The van der Waals surface area contributed by atoms with Crippen LogP contribution in [-0.2, 0) is 4.74 Å². The standard InChI is InChI=1S/C22H34O2/c1-4-14-5-6-16-15-11-19-18-12-20(2,23)9-10-22(18,13-24-19)17(15)7-8-21(14,16)3/h4,15-19,23H,5-13H2,1-3H3/b14-4+/t15-,16-,17?,18?,19+,20+,21+,22-/m0/s1. The summed E-state index contributed by atoms with van der Waals surface area (Å²) in [6.45, 7) is 7.85. The van der Waals surface area contributed by atoms with Crippen LogP contribution in [0.4, 0.5) is 0 Å². The maximum atomic E-state index is 10.7. The molecule has 1 N–H and O–H groups in total. The third kappa shape index (κ3) is 1.85. The van der Waals surface area contributed by atoms with Crippen molar-refractivity contribution in [2.24, 2.45) is 34.5 Å².